The number of carbonyl (C=O) groups is 1. The molecule has 1 N–H and O–H groups in total. The van der Waals surface area contributed by atoms with Crippen molar-refractivity contribution in [1.29, 1.82) is 0 Å². The maximum Gasteiger partial charge on any atom is 0.259 e. The van der Waals surface area contributed by atoms with Gasteiger partial charge in [0, 0.05) is 24.8 Å². The molecule has 150 valence electrons. The van der Waals surface area contributed by atoms with Gasteiger partial charge in [0.15, 0.2) is 0 Å². The Balaban J connectivity index is 1.75. The van der Waals surface area contributed by atoms with Crippen molar-refractivity contribution in [3.8, 4) is 11.5 Å². The number of methoxy groups -OCH3 is 2. The number of hydrogen-bond acceptors (Lipinski definition) is 5. The fraction of sp³-hybridized carbons (Fsp3) is 0.350. The number of nitrogens with one attached hydrogen (secondary N) is 1. The van der Waals surface area contributed by atoms with Gasteiger partial charge in [0.05, 0.1) is 24.7 Å². The Hall–Kier alpha value is -2.58. The van der Waals surface area contributed by atoms with E-state index in [9.17, 15) is 13.2 Å². The third-order valence-corrected chi connectivity index (χ3v) is 6.63. The molecule has 1 heterocycles. The average Bonchev–Trinajstić information content (AvgIpc) is 2.74. The minimum absolute atomic E-state index is 0.231. The van der Waals surface area contributed by atoms with E-state index in [1.165, 1.54) is 30.7 Å². The standard InChI is InChI=1S/C20H24N2O5S/c1-26-16-8-11-18(19(14-16)27-2)20(23)21-15-6-9-17(10-7-15)28(24,25)22-12-4-3-5-13-22/h6-11,14H,3-5,12-13H2,1-2H3,(H,21,23). The molecule has 2 aromatic carbocycles. The highest BCUT2D eigenvalue weighted by Gasteiger charge is 2.25. The van der Waals surface area contributed by atoms with Crippen LogP contribution < -0.4 is 14.8 Å². The lowest BCUT2D eigenvalue weighted by Crippen LogP contribution is -2.35. The number of ether oxygens (including phenoxy) is 2. The third-order valence-electron chi connectivity index (χ3n) is 4.72. The third kappa shape index (κ3) is 4.28. The van der Waals surface area contributed by atoms with Gasteiger partial charge in [-0.3, -0.25) is 4.79 Å². The van der Waals surface area contributed by atoms with Crippen molar-refractivity contribution in [3.05, 3.63) is 48.0 Å². The van der Waals surface area contributed by atoms with E-state index in [4.69, 9.17) is 9.47 Å². The van der Waals surface area contributed by atoms with Crippen LogP contribution >= 0.6 is 0 Å². The van der Waals surface area contributed by atoms with Crippen molar-refractivity contribution in [2.24, 2.45) is 0 Å². The topological polar surface area (TPSA) is 84.9 Å². The van der Waals surface area contributed by atoms with Crippen LogP contribution in [-0.2, 0) is 10.0 Å². The van der Waals surface area contributed by atoms with Gasteiger partial charge in [-0.2, -0.15) is 4.31 Å². The van der Waals surface area contributed by atoms with Gasteiger partial charge < -0.3 is 14.8 Å². The molecule has 28 heavy (non-hydrogen) atoms. The number of sulfonamides is 1. The van der Waals surface area contributed by atoms with E-state index >= 15 is 0 Å². The number of nitrogens with zero attached hydrogens (tertiary/aromatic N) is 1. The van der Waals surface area contributed by atoms with Crippen molar-refractivity contribution in [2.75, 3.05) is 32.6 Å². The lowest BCUT2D eigenvalue weighted by molar-refractivity contribution is 0.102. The number of amides is 1. The predicted molar refractivity (Wildman–Crippen MR) is 107 cm³/mol. The van der Waals surface area contributed by atoms with Crippen LogP contribution in [0.4, 0.5) is 5.69 Å². The molecular formula is C20H24N2O5S. The van der Waals surface area contributed by atoms with Crippen molar-refractivity contribution in [2.45, 2.75) is 24.2 Å². The number of carbonyl (C=O) groups excluding carboxylic acids is 1. The van der Waals surface area contributed by atoms with Crippen LogP contribution in [-0.4, -0.2) is 45.9 Å². The summed E-state index contributed by atoms with van der Waals surface area (Å²) in [6.07, 6.45) is 2.83. The molecule has 0 radical (unpaired) electrons. The Morgan fingerprint density at radius 3 is 2.25 bits per heavy atom. The minimum atomic E-state index is -3.49. The molecule has 0 saturated carbocycles. The Kier molecular flexibility index (Phi) is 6.21. The van der Waals surface area contributed by atoms with Gasteiger partial charge >= 0.3 is 0 Å². The monoisotopic (exact) mass is 404 g/mol. The fourth-order valence-corrected chi connectivity index (χ4v) is 4.67. The van der Waals surface area contributed by atoms with Crippen LogP contribution in [0.15, 0.2) is 47.4 Å². The van der Waals surface area contributed by atoms with Gasteiger partial charge in [0.25, 0.3) is 5.91 Å². The van der Waals surface area contributed by atoms with Crippen molar-refractivity contribution in [3.63, 3.8) is 0 Å². The average molecular weight is 404 g/mol. The molecule has 0 aromatic heterocycles. The number of piperidine rings is 1. The highest BCUT2D eigenvalue weighted by molar-refractivity contribution is 7.89. The number of anilines is 1. The summed E-state index contributed by atoms with van der Waals surface area (Å²) >= 11 is 0. The molecule has 2 aromatic rings. The molecule has 0 atom stereocenters. The molecule has 0 unspecified atom stereocenters. The maximum atomic E-state index is 12.7. The van der Waals surface area contributed by atoms with E-state index in [1.807, 2.05) is 0 Å². The SMILES string of the molecule is COc1ccc(C(=O)Nc2ccc(S(=O)(=O)N3CCCCC3)cc2)c(OC)c1. The quantitative estimate of drug-likeness (QED) is 0.800. The van der Waals surface area contributed by atoms with Gasteiger partial charge in [0.1, 0.15) is 11.5 Å². The van der Waals surface area contributed by atoms with E-state index in [2.05, 4.69) is 5.32 Å². The van der Waals surface area contributed by atoms with Gasteiger partial charge in [0.2, 0.25) is 10.0 Å². The van der Waals surface area contributed by atoms with Crippen molar-refractivity contribution < 1.29 is 22.7 Å². The number of rotatable bonds is 6. The second-order valence-electron chi connectivity index (χ2n) is 6.51. The second-order valence-corrected chi connectivity index (χ2v) is 8.45. The summed E-state index contributed by atoms with van der Waals surface area (Å²) < 4.78 is 37.3. The zero-order valence-electron chi connectivity index (χ0n) is 16.0. The lowest BCUT2D eigenvalue weighted by Gasteiger charge is -2.25. The molecule has 8 heteroatoms. The largest absolute Gasteiger partial charge is 0.497 e. The second kappa shape index (κ2) is 8.62. The van der Waals surface area contributed by atoms with E-state index in [0.717, 1.165) is 19.3 Å². The van der Waals surface area contributed by atoms with Gasteiger partial charge in [-0.05, 0) is 49.2 Å². The zero-order valence-corrected chi connectivity index (χ0v) is 16.8. The maximum absolute atomic E-state index is 12.7. The molecular weight excluding hydrogens is 380 g/mol. The normalized spacial score (nSPS) is 15.1. The Bertz CT molecular complexity index is 936. The molecule has 0 bridgehead atoms. The van der Waals surface area contributed by atoms with Gasteiger partial charge in [-0.25, -0.2) is 8.42 Å². The molecule has 1 fully saturated rings. The van der Waals surface area contributed by atoms with Crippen molar-refractivity contribution >= 4 is 21.6 Å². The Labute approximate surface area is 165 Å². The van der Waals surface area contributed by atoms with Crippen LogP contribution in [0.3, 0.4) is 0 Å². The summed E-state index contributed by atoms with van der Waals surface area (Å²) in [6.45, 7) is 1.11. The molecule has 1 aliphatic rings. The molecule has 0 spiro atoms. The molecule has 0 aliphatic carbocycles. The lowest BCUT2D eigenvalue weighted by atomic mass is 10.1. The van der Waals surface area contributed by atoms with Crippen LogP contribution in [0.25, 0.3) is 0 Å². The molecule has 3 rings (SSSR count). The summed E-state index contributed by atoms with van der Waals surface area (Å²) in [5, 5.41) is 2.76. The summed E-state index contributed by atoms with van der Waals surface area (Å²) in [5.74, 6) is 0.618. The fourth-order valence-electron chi connectivity index (χ4n) is 3.15. The summed E-state index contributed by atoms with van der Waals surface area (Å²) in [7, 11) is -0.477. The van der Waals surface area contributed by atoms with E-state index < -0.39 is 10.0 Å². The zero-order chi connectivity index (χ0) is 20.1. The highest BCUT2D eigenvalue weighted by Crippen LogP contribution is 2.26. The predicted octanol–water partition coefficient (Wildman–Crippen LogP) is 3.13. The van der Waals surface area contributed by atoms with Gasteiger partial charge in [-0.1, -0.05) is 6.42 Å². The van der Waals surface area contributed by atoms with Crippen molar-refractivity contribution in [1.82, 2.24) is 4.31 Å². The summed E-state index contributed by atoms with van der Waals surface area (Å²) in [6, 6.07) is 11.1. The first kappa shape index (κ1) is 20.2. The van der Waals surface area contributed by atoms with Gasteiger partial charge in [-0.15, -0.1) is 0 Å². The number of benzene rings is 2. The van der Waals surface area contributed by atoms with E-state index in [0.29, 0.717) is 35.8 Å². The Morgan fingerprint density at radius 1 is 0.964 bits per heavy atom. The van der Waals surface area contributed by atoms with Crippen LogP contribution in [0.5, 0.6) is 11.5 Å². The summed E-state index contributed by atoms with van der Waals surface area (Å²) in [4.78, 5) is 12.8. The van der Waals surface area contributed by atoms with Crippen LogP contribution in [0.1, 0.15) is 29.6 Å². The highest BCUT2D eigenvalue weighted by atomic mass is 32.2. The van der Waals surface area contributed by atoms with E-state index in [-0.39, 0.29) is 10.8 Å². The molecule has 1 aliphatic heterocycles. The van der Waals surface area contributed by atoms with Crippen LogP contribution in [0, 0.1) is 0 Å². The Morgan fingerprint density at radius 2 is 1.64 bits per heavy atom. The molecule has 1 amide bonds. The van der Waals surface area contributed by atoms with Crippen LogP contribution in [0.2, 0.25) is 0 Å². The molecule has 7 nitrogen and oxygen atoms in total. The first-order valence-corrected chi connectivity index (χ1v) is 10.5. The molecule has 1 saturated heterocycles. The number of hydrogen-bond donors (Lipinski definition) is 1. The smallest absolute Gasteiger partial charge is 0.259 e. The summed E-state index contributed by atoms with van der Waals surface area (Å²) in [5.41, 5.74) is 0.855. The first-order chi connectivity index (χ1) is 13.5. The first-order valence-electron chi connectivity index (χ1n) is 9.09. The van der Waals surface area contributed by atoms with E-state index in [1.54, 1.807) is 30.3 Å². The minimum Gasteiger partial charge on any atom is -0.497 e.